The van der Waals surface area contributed by atoms with Crippen LogP contribution >= 0.6 is 0 Å². The van der Waals surface area contributed by atoms with Gasteiger partial charge in [-0.05, 0) is 84.0 Å². The molecular formula is C34H59N5O7S. The van der Waals surface area contributed by atoms with Gasteiger partial charge >= 0.3 is 6.03 Å². The van der Waals surface area contributed by atoms with Gasteiger partial charge in [0.15, 0.2) is 9.84 Å². The number of piperidine rings is 1. The Labute approximate surface area is 281 Å². The van der Waals surface area contributed by atoms with E-state index < -0.39 is 61.9 Å². The standard InChI is InChI=1S/C34H59N5O7S/c1-10-11-17-23(27(40)29(42)35-18-19-47(45,46)33(5,6)7)36-28(41)26-24-22(34(24,8)9)20-39(26)30(43)25(21-15-13-12-14-16-21)37-31(44)38-32(2,3)4/h21-26H,10-20H2,1-9H3,(H,35,42)(H,36,41)(H2,37,38,44)/t22-,23?,24-,25-,26-/m0/s1. The zero-order valence-electron chi connectivity index (χ0n) is 30.0. The summed E-state index contributed by atoms with van der Waals surface area (Å²) in [6.45, 7) is 16.5. The third-order valence-electron chi connectivity index (χ3n) is 10.2. The number of urea groups is 1. The molecule has 268 valence electrons. The van der Waals surface area contributed by atoms with E-state index in [1.165, 1.54) is 0 Å². The number of ketones is 1. The van der Waals surface area contributed by atoms with Crippen LogP contribution in [-0.4, -0.2) is 90.1 Å². The summed E-state index contributed by atoms with van der Waals surface area (Å²) >= 11 is 0. The van der Waals surface area contributed by atoms with Crippen LogP contribution in [0, 0.1) is 23.2 Å². The van der Waals surface area contributed by atoms with Crippen molar-refractivity contribution in [2.75, 3.05) is 18.8 Å². The van der Waals surface area contributed by atoms with Crippen LogP contribution in [0.15, 0.2) is 0 Å². The van der Waals surface area contributed by atoms with E-state index in [1.807, 2.05) is 27.7 Å². The second-order valence-electron chi connectivity index (χ2n) is 16.4. The van der Waals surface area contributed by atoms with Crippen molar-refractivity contribution in [3.05, 3.63) is 0 Å². The first-order chi connectivity index (χ1) is 21.6. The van der Waals surface area contributed by atoms with Crippen molar-refractivity contribution in [2.45, 2.75) is 142 Å². The highest BCUT2D eigenvalue weighted by molar-refractivity contribution is 7.92. The molecule has 2 saturated carbocycles. The number of carbonyl (C=O) groups is 5. The van der Waals surface area contributed by atoms with Crippen molar-refractivity contribution in [3.8, 4) is 0 Å². The minimum atomic E-state index is -3.51. The number of Topliss-reactive ketones (excluding diaryl/α,β-unsaturated/α-hetero) is 1. The Kier molecular flexibility index (Phi) is 12.2. The number of unbranched alkanes of at least 4 members (excludes halogenated alkanes) is 1. The third kappa shape index (κ3) is 9.47. The molecule has 0 aromatic carbocycles. The number of fused-ring (bicyclic) bond motifs is 1. The molecule has 0 bridgehead atoms. The highest BCUT2D eigenvalue weighted by Gasteiger charge is 2.69. The number of carbonyl (C=O) groups excluding carboxylic acids is 5. The maximum Gasteiger partial charge on any atom is 0.315 e. The first kappa shape index (κ1) is 38.7. The zero-order chi connectivity index (χ0) is 35.5. The third-order valence-corrected chi connectivity index (χ3v) is 12.8. The van der Waals surface area contributed by atoms with Gasteiger partial charge < -0.3 is 26.2 Å². The van der Waals surface area contributed by atoms with Crippen molar-refractivity contribution in [2.24, 2.45) is 23.2 Å². The van der Waals surface area contributed by atoms with Crippen LogP contribution in [-0.2, 0) is 29.0 Å². The van der Waals surface area contributed by atoms with E-state index >= 15 is 0 Å². The van der Waals surface area contributed by atoms with Crippen LogP contribution in [0.4, 0.5) is 4.79 Å². The number of rotatable bonds is 13. The molecule has 0 radical (unpaired) electrons. The lowest BCUT2D eigenvalue weighted by Crippen LogP contribution is -2.61. The fourth-order valence-electron chi connectivity index (χ4n) is 7.14. The van der Waals surface area contributed by atoms with Crippen molar-refractivity contribution in [3.63, 3.8) is 0 Å². The van der Waals surface area contributed by atoms with Crippen LogP contribution in [0.25, 0.3) is 0 Å². The topological polar surface area (TPSA) is 171 Å². The van der Waals surface area contributed by atoms with Gasteiger partial charge in [-0.1, -0.05) is 52.9 Å². The molecule has 0 aromatic rings. The zero-order valence-corrected chi connectivity index (χ0v) is 30.8. The Bertz CT molecular complexity index is 1290. The van der Waals surface area contributed by atoms with Gasteiger partial charge in [-0.3, -0.25) is 19.2 Å². The summed E-state index contributed by atoms with van der Waals surface area (Å²) in [7, 11) is -3.51. The van der Waals surface area contributed by atoms with Crippen LogP contribution < -0.4 is 21.3 Å². The molecule has 0 spiro atoms. The predicted octanol–water partition coefficient (Wildman–Crippen LogP) is 3.09. The second kappa shape index (κ2) is 14.8. The number of hydrogen-bond donors (Lipinski definition) is 4. The molecule has 12 nitrogen and oxygen atoms in total. The molecule has 2 aliphatic carbocycles. The van der Waals surface area contributed by atoms with Gasteiger partial charge in [0.05, 0.1) is 16.5 Å². The van der Waals surface area contributed by atoms with Crippen LogP contribution in [0.3, 0.4) is 0 Å². The van der Waals surface area contributed by atoms with E-state index in [0.717, 1.165) is 38.5 Å². The molecule has 1 unspecified atom stereocenters. The molecule has 3 fully saturated rings. The summed E-state index contributed by atoms with van der Waals surface area (Å²) in [4.78, 5) is 69.2. The lowest BCUT2D eigenvalue weighted by atomic mass is 9.83. The largest absolute Gasteiger partial charge is 0.348 e. The molecule has 4 N–H and O–H groups in total. The molecule has 13 heteroatoms. The molecule has 1 aliphatic heterocycles. The summed E-state index contributed by atoms with van der Waals surface area (Å²) < 4.78 is 23.9. The van der Waals surface area contributed by atoms with Crippen molar-refractivity contribution in [1.29, 1.82) is 0 Å². The average Bonchev–Trinajstić information content (AvgIpc) is 3.27. The van der Waals surface area contributed by atoms with E-state index in [9.17, 15) is 32.4 Å². The second-order valence-corrected chi connectivity index (χ2v) is 19.2. The summed E-state index contributed by atoms with van der Waals surface area (Å²) in [6.07, 6.45) is 6.13. The summed E-state index contributed by atoms with van der Waals surface area (Å²) in [5.74, 6) is -2.98. The number of amides is 5. The Hall–Kier alpha value is -2.70. The van der Waals surface area contributed by atoms with Gasteiger partial charge in [0.1, 0.15) is 12.1 Å². The Balaban J connectivity index is 1.80. The van der Waals surface area contributed by atoms with Crippen molar-refractivity contribution < 1.29 is 32.4 Å². The maximum atomic E-state index is 14.3. The summed E-state index contributed by atoms with van der Waals surface area (Å²) in [6, 6.07) is -3.19. The molecule has 3 rings (SSSR count). The molecule has 47 heavy (non-hydrogen) atoms. The number of sulfone groups is 1. The minimum Gasteiger partial charge on any atom is -0.348 e. The van der Waals surface area contributed by atoms with Gasteiger partial charge in [0.2, 0.25) is 17.6 Å². The normalized spacial score (nSPS) is 24.0. The van der Waals surface area contributed by atoms with Crippen molar-refractivity contribution in [1.82, 2.24) is 26.2 Å². The predicted molar refractivity (Wildman–Crippen MR) is 181 cm³/mol. The van der Waals surface area contributed by atoms with E-state index in [4.69, 9.17) is 0 Å². The van der Waals surface area contributed by atoms with E-state index in [-0.39, 0.29) is 47.8 Å². The lowest BCUT2D eigenvalue weighted by molar-refractivity contribution is -0.144. The molecule has 5 amide bonds. The minimum absolute atomic E-state index is 0.0553. The number of hydrogen-bond acceptors (Lipinski definition) is 7. The lowest BCUT2D eigenvalue weighted by Gasteiger charge is -2.37. The molecule has 1 saturated heterocycles. The molecule has 5 atom stereocenters. The quantitative estimate of drug-likeness (QED) is 0.217. The van der Waals surface area contributed by atoms with Gasteiger partial charge in [-0.15, -0.1) is 0 Å². The van der Waals surface area contributed by atoms with E-state index in [2.05, 4.69) is 35.1 Å². The highest BCUT2D eigenvalue weighted by atomic mass is 32.2. The number of nitrogens with one attached hydrogen (secondary N) is 4. The fourth-order valence-corrected chi connectivity index (χ4v) is 8.13. The Morgan fingerprint density at radius 2 is 1.55 bits per heavy atom. The van der Waals surface area contributed by atoms with Gasteiger partial charge in [-0.2, -0.15) is 0 Å². The van der Waals surface area contributed by atoms with Gasteiger partial charge in [0.25, 0.3) is 5.91 Å². The Morgan fingerprint density at radius 1 is 0.936 bits per heavy atom. The fraction of sp³-hybridized carbons (Fsp3) is 0.853. The first-order valence-electron chi connectivity index (χ1n) is 17.4. The Morgan fingerprint density at radius 3 is 2.11 bits per heavy atom. The van der Waals surface area contributed by atoms with Crippen LogP contribution in [0.5, 0.6) is 0 Å². The van der Waals surface area contributed by atoms with E-state index in [0.29, 0.717) is 13.0 Å². The maximum absolute atomic E-state index is 14.3. The SMILES string of the molecule is CCCCC(NC(=O)[C@@H]1[C@@H]2[C@H](CN1C(=O)[C@@H](NC(=O)NC(C)(C)C)C1CCCCC1)C2(C)C)C(=O)C(=O)NCCS(=O)(=O)C(C)(C)C. The van der Waals surface area contributed by atoms with E-state index in [1.54, 1.807) is 25.7 Å². The van der Waals surface area contributed by atoms with Crippen LogP contribution in [0.2, 0.25) is 0 Å². The number of likely N-dealkylation sites (tertiary alicyclic amines) is 1. The van der Waals surface area contributed by atoms with Crippen molar-refractivity contribution >= 4 is 39.4 Å². The summed E-state index contributed by atoms with van der Waals surface area (Å²) in [5, 5.41) is 11.1. The molecule has 3 aliphatic rings. The molecular weight excluding hydrogens is 622 g/mol. The summed E-state index contributed by atoms with van der Waals surface area (Å²) in [5.41, 5.74) is -0.686. The molecule has 0 aromatic heterocycles. The smallest absolute Gasteiger partial charge is 0.315 e. The first-order valence-corrected chi connectivity index (χ1v) is 19.0. The number of nitrogens with zero attached hydrogens (tertiary/aromatic N) is 1. The monoisotopic (exact) mass is 681 g/mol. The van der Waals surface area contributed by atoms with Crippen LogP contribution in [0.1, 0.15) is 114 Å². The molecule has 1 heterocycles. The average molecular weight is 682 g/mol. The van der Waals surface area contributed by atoms with Gasteiger partial charge in [0, 0.05) is 18.6 Å². The van der Waals surface area contributed by atoms with Gasteiger partial charge in [-0.25, -0.2) is 13.2 Å². The highest BCUT2D eigenvalue weighted by Crippen LogP contribution is 2.65.